The first-order valence-corrected chi connectivity index (χ1v) is 5.03. The molecule has 0 spiro atoms. The molecule has 2 nitrogen and oxygen atoms in total. The molecule has 1 aromatic carbocycles. The second kappa shape index (κ2) is 4.81. The zero-order chi connectivity index (χ0) is 14.2. The van der Waals surface area contributed by atoms with Crippen LogP contribution in [0.4, 0.5) is 22.0 Å². The summed E-state index contributed by atoms with van der Waals surface area (Å²) in [6.07, 6.45) is 0. The van der Waals surface area contributed by atoms with E-state index >= 15 is 0 Å². The molecule has 1 atom stereocenters. The van der Waals surface area contributed by atoms with Crippen molar-refractivity contribution in [1.29, 1.82) is 0 Å². The molecule has 0 saturated heterocycles. The molecule has 0 aliphatic rings. The number of halogens is 5. The molecule has 0 unspecified atom stereocenters. The molecule has 0 bridgehead atoms. The van der Waals surface area contributed by atoms with Crippen LogP contribution < -0.4 is 5.73 Å². The fraction of sp³-hybridized carbons (Fsp3) is 0.455. The van der Waals surface area contributed by atoms with Gasteiger partial charge in [0, 0.05) is 23.6 Å². The average molecular weight is 269 g/mol. The Morgan fingerprint density at radius 1 is 0.944 bits per heavy atom. The Hall–Kier alpha value is -1.21. The summed E-state index contributed by atoms with van der Waals surface area (Å²) >= 11 is 0. The predicted octanol–water partition coefficient (Wildman–Crippen LogP) is 2.40. The third kappa shape index (κ3) is 2.20. The van der Waals surface area contributed by atoms with E-state index in [1.807, 2.05) is 0 Å². The number of rotatable bonds is 3. The monoisotopic (exact) mass is 269 g/mol. The summed E-state index contributed by atoms with van der Waals surface area (Å²) in [6, 6.07) is -1.54. The smallest absolute Gasteiger partial charge is 0.200 e. The van der Waals surface area contributed by atoms with Gasteiger partial charge in [-0.1, -0.05) is 13.8 Å². The van der Waals surface area contributed by atoms with Gasteiger partial charge in [0.2, 0.25) is 5.82 Å². The van der Waals surface area contributed by atoms with Gasteiger partial charge in [0.15, 0.2) is 23.3 Å². The van der Waals surface area contributed by atoms with Gasteiger partial charge in [0.05, 0.1) is 0 Å². The summed E-state index contributed by atoms with van der Waals surface area (Å²) in [5.74, 6) is -10.3. The summed E-state index contributed by atoms with van der Waals surface area (Å²) in [7, 11) is 0. The summed E-state index contributed by atoms with van der Waals surface area (Å²) in [4.78, 5) is 0. The molecule has 0 heterocycles. The molecular formula is C11H12F5NO. The van der Waals surface area contributed by atoms with Gasteiger partial charge in [-0.15, -0.1) is 0 Å². The lowest BCUT2D eigenvalue weighted by atomic mass is 9.81. The van der Waals surface area contributed by atoms with E-state index in [0.29, 0.717) is 0 Å². The number of benzene rings is 1. The number of nitrogens with two attached hydrogens (primary N) is 1. The Morgan fingerprint density at radius 2 is 1.28 bits per heavy atom. The van der Waals surface area contributed by atoms with Crippen LogP contribution in [0, 0.1) is 34.5 Å². The first-order valence-electron chi connectivity index (χ1n) is 5.03. The van der Waals surface area contributed by atoms with Crippen LogP contribution in [0.5, 0.6) is 0 Å². The highest BCUT2D eigenvalue weighted by Crippen LogP contribution is 2.35. The van der Waals surface area contributed by atoms with E-state index in [0.717, 1.165) is 0 Å². The Kier molecular flexibility index (Phi) is 3.97. The maximum absolute atomic E-state index is 13.4. The summed E-state index contributed by atoms with van der Waals surface area (Å²) in [6.45, 7) is 2.11. The minimum atomic E-state index is -2.23. The van der Waals surface area contributed by atoms with Crippen molar-refractivity contribution in [2.45, 2.75) is 19.9 Å². The standard InChI is InChI=1S/C11H12F5NO/c1-11(2,3-18)10(17)4-5(12)7(14)9(16)8(15)6(4)13/h10,18H,3,17H2,1-2H3/t10-/m1/s1. The highest BCUT2D eigenvalue weighted by molar-refractivity contribution is 5.28. The molecule has 3 N–H and O–H groups in total. The van der Waals surface area contributed by atoms with Gasteiger partial charge < -0.3 is 10.8 Å². The van der Waals surface area contributed by atoms with Gasteiger partial charge >= 0.3 is 0 Å². The topological polar surface area (TPSA) is 46.2 Å². The van der Waals surface area contributed by atoms with Crippen LogP contribution in [-0.2, 0) is 0 Å². The first-order chi connectivity index (χ1) is 8.15. The number of hydrogen-bond acceptors (Lipinski definition) is 2. The summed E-state index contributed by atoms with van der Waals surface area (Å²) < 4.78 is 65.6. The molecule has 1 rings (SSSR count). The molecule has 18 heavy (non-hydrogen) atoms. The molecule has 0 saturated carbocycles. The highest BCUT2D eigenvalue weighted by Gasteiger charge is 2.36. The van der Waals surface area contributed by atoms with Crippen molar-refractivity contribution in [3.8, 4) is 0 Å². The highest BCUT2D eigenvalue weighted by atomic mass is 19.2. The minimum absolute atomic E-state index is 0.576. The first kappa shape index (κ1) is 14.8. The van der Waals surface area contributed by atoms with Crippen LogP contribution in [0.1, 0.15) is 25.5 Å². The van der Waals surface area contributed by atoms with E-state index in [-0.39, 0.29) is 0 Å². The molecule has 7 heteroatoms. The van der Waals surface area contributed by atoms with Crippen molar-refractivity contribution < 1.29 is 27.1 Å². The van der Waals surface area contributed by atoms with Crippen molar-refractivity contribution in [1.82, 2.24) is 0 Å². The third-order valence-electron chi connectivity index (χ3n) is 2.80. The van der Waals surface area contributed by atoms with E-state index in [2.05, 4.69) is 0 Å². The summed E-state index contributed by atoms with van der Waals surface area (Å²) in [5.41, 5.74) is 3.12. The van der Waals surface area contributed by atoms with E-state index in [4.69, 9.17) is 10.8 Å². The number of hydrogen-bond donors (Lipinski definition) is 2. The minimum Gasteiger partial charge on any atom is -0.396 e. The van der Waals surface area contributed by atoms with E-state index in [1.54, 1.807) is 0 Å². The number of aliphatic hydroxyl groups excluding tert-OH is 1. The maximum atomic E-state index is 13.4. The SMILES string of the molecule is CC(C)(CO)[C@H](N)c1c(F)c(F)c(F)c(F)c1F. The number of aliphatic hydroxyl groups is 1. The van der Waals surface area contributed by atoms with Gasteiger partial charge in [-0.2, -0.15) is 0 Å². The van der Waals surface area contributed by atoms with Crippen molar-refractivity contribution in [2.75, 3.05) is 6.61 Å². The van der Waals surface area contributed by atoms with Crippen LogP contribution in [0.2, 0.25) is 0 Å². The summed E-state index contributed by atoms with van der Waals surface area (Å²) in [5, 5.41) is 9.01. The van der Waals surface area contributed by atoms with Gasteiger partial charge in [-0.3, -0.25) is 0 Å². The fourth-order valence-electron chi connectivity index (χ4n) is 1.38. The lowest BCUT2D eigenvalue weighted by molar-refractivity contribution is 0.128. The molecule has 0 aliphatic carbocycles. The Balaban J connectivity index is 3.52. The van der Waals surface area contributed by atoms with Crippen molar-refractivity contribution in [2.24, 2.45) is 11.1 Å². The Labute approximate surface area is 100 Å². The Bertz CT molecular complexity index is 446. The van der Waals surface area contributed by atoms with Crippen molar-refractivity contribution in [3.05, 3.63) is 34.6 Å². The molecule has 0 aliphatic heterocycles. The van der Waals surface area contributed by atoms with Crippen LogP contribution >= 0.6 is 0 Å². The lowest BCUT2D eigenvalue weighted by Crippen LogP contribution is -2.34. The third-order valence-corrected chi connectivity index (χ3v) is 2.80. The zero-order valence-electron chi connectivity index (χ0n) is 9.70. The predicted molar refractivity (Wildman–Crippen MR) is 54.0 cm³/mol. The molecule has 1 aromatic rings. The molecule has 0 radical (unpaired) electrons. The van der Waals surface area contributed by atoms with Gasteiger partial charge in [0.1, 0.15) is 0 Å². The van der Waals surface area contributed by atoms with Crippen LogP contribution in [0.3, 0.4) is 0 Å². The maximum Gasteiger partial charge on any atom is 0.200 e. The van der Waals surface area contributed by atoms with E-state index < -0.39 is 52.7 Å². The van der Waals surface area contributed by atoms with Gasteiger partial charge in [-0.25, -0.2) is 22.0 Å². The van der Waals surface area contributed by atoms with Crippen molar-refractivity contribution >= 4 is 0 Å². The van der Waals surface area contributed by atoms with Gasteiger partial charge in [-0.05, 0) is 0 Å². The quantitative estimate of drug-likeness (QED) is 0.503. The second-order valence-corrected chi connectivity index (χ2v) is 4.61. The zero-order valence-corrected chi connectivity index (χ0v) is 9.70. The largest absolute Gasteiger partial charge is 0.396 e. The normalized spacial score (nSPS) is 13.8. The van der Waals surface area contributed by atoms with Crippen molar-refractivity contribution in [3.63, 3.8) is 0 Å². The average Bonchev–Trinajstić information content (AvgIpc) is 2.34. The second-order valence-electron chi connectivity index (χ2n) is 4.61. The van der Waals surface area contributed by atoms with E-state index in [1.165, 1.54) is 13.8 Å². The molecular weight excluding hydrogens is 257 g/mol. The molecule has 0 aromatic heterocycles. The van der Waals surface area contributed by atoms with Gasteiger partial charge in [0.25, 0.3) is 0 Å². The lowest BCUT2D eigenvalue weighted by Gasteiger charge is -2.30. The van der Waals surface area contributed by atoms with Crippen LogP contribution in [0.15, 0.2) is 0 Å². The van der Waals surface area contributed by atoms with E-state index in [9.17, 15) is 22.0 Å². The van der Waals surface area contributed by atoms with Crippen LogP contribution in [-0.4, -0.2) is 11.7 Å². The molecule has 0 fully saturated rings. The molecule has 102 valence electrons. The van der Waals surface area contributed by atoms with Crippen LogP contribution in [0.25, 0.3) is 0 Å². The fourth-order valence-corrected chi connectivity index (χ4v) is 1.38. The Morgan fingerprint density at radius 3 is 1.61 bits per heavy atom. The molecule has 0 amide bonds.